The Labute approximate surface area is 276 Å². The van der Waals surface area contributed by atoms with Crippen LogP contribution in [0.4, 0.5) is 4.79 Å². The number of carbonyl (C=O) groups is 1. The van der Waals surface area contributed by atoms with Crippen LogP contribution >= 0.6 is 11.6 Å². The fourth-order valence-corrected chi connectivity index (χ4v) is 6.55. The SMILES string of the molecule is CC(C)(C)OC(=O)N1CCOCC1c1coc(CCCc2c(Cl)cc3c(cnn3C3CCCCO3)c2B2OC(C)(C)C(C)(C)O2)n1. The predicted octanol–water partition coefficient (Wildman–Crippen LogP) is 6.16. The van der Waals surface area contributed by atoms with Crippen LogP contribution < -0.4 is 5.46 Å². The number of rotatable bonds is 7. The van der Waals surface area contributed by atoms with Gasteiger partial charge < -0.3 is 27.9 Å². The van der Waals surface area contributed by atoms with E-state index in [0.717, 1.165) is 47.8 Å². The second kappa shape index (κ2) is 12.8. The molecule has 2 unspecified atom stereocenters. The number of ether oxygens (including phenoxy) is 3. The third-order valence-corrected chi connectivity index (χ3v) is 9.74. The third-order valence-electron chi connectivity index (χ3n) is 9.40. The Hall–Kier alpha value is -2.64. The molecule has 0 N–H and O–H groups in total. The molecule has 2 aromatic heterocycles. The van der Waals surface area contributed by atoms with Gasteiger partial charge in [0.05, 0.1) is 36.1 Å². The molecule has 1 amide bonds. The normalized spacial score (nSPS) is 23.3. The molecule has 2 atom stereocenters. The highest BCUT2D eigenvalue weighted by Crippen LogP contribution is 2.39. The number of nitrogens with zero attached hydrogens (tertiary/aromatic N) is 4. The van der Waals surface area contributed by atoms with E-state index in [-0.39, 0.29) is 18.4 Å². The van der Waals surface area contributed by atoms with Crippen LogP contribution in [0.15, 0.2) is 22.9 Å². The maximum Gasteiger partial charge on any atom is 0.495 e. The Morgan fingerprint density at radius 2 is 1.89 bits per heavy atom. The van der Waals surface area contributed by atoms with Gasteiger partial charge >= 0.3 is 13.2 Å². The highest BCUT2D eigenvalue weighted by atomic mass is 35.5. The second-order valence-corrected chi connectivity index (χ2v) is 14.9. The van der Waals surface area contributed by atoms with Crippen molar-refractivity contribution in [3.05, 3.63) is 40.7 Å². The van der Waals surface area contributed by atoms with Crippen molar-refractivity contribution in [3.8, 4) is 0 Å². The molecule has 0 aliphatic carbocycles. The number of aromatic nitrogens is 3. The molecule has 3 aliphatic rings. The van der Waals surface area contributed by atoms with Crippen molar-refractivity contribution in [1.82, 2.24) is 19.7 Å². The number of fused-ring (bicyclic) bond motifs is 1. The van der Waals surface area contributed by atoms with Crippen LogP contribution in [0.25, 0.3) is 10.9 Å². The van der Waals surface area contributed by atoms with E-state index in [2.05, 4.69) is 27.7 Å². The quantitative estimate of drug-likeness (QED) is 0.276. The fraction of sp³-hybridized carbons (Fsp3) is 0.667. The smallest absolute Gasteiger partial charge is 0.449 e. The molecule has 3 aromatic rings. The number of morpholine rings is 1. The van der Waals surface area contributed by atoms with Gasteiger partial charge in [0.1, 0.15) is 23.6 Å². The Morgan fingerprint density at radius 3 is 2.59 bits per heavy atom. The van der Waals surface area contributed by atoms with Gasteiger partial charge in [0.25, 0.3) is 0 Å². The first-order valence-electron chi connectivity index (χ1n) is 16.4. The van der Waals surface area contributed by atoms with Crippen LogP contribution in [0.1, 0.15) is 104 Å². The molecule has 0 spiro atoms. The Morgan fingerprint density at radius 1 is 1.13 bits per heavy atom. The number of hydrogen-bond donors (Lipinski definition) is 0. The first kappa shape index (κ1) is 33.3. The lowest BCUT2D eigenvalue weighted by molar-refractivity contribution is -0.0366. The van der Waals surface area contributed by atoms with Crippen molar-refractivity contribution in [2.24, 2.45) is 0 Å². The van der Waals surface area contributed by atoms with E-state index < -0.39 is 23.9 Å². The zero-order chi connectivity index (χ0) is 32.9. The van der Waals surface area contributed by atoms with E-state index >= 15 is 0 Å². The molecular weight excluding hydrogens is 611 g/mol. The monoisotopic (exact) mass is 656 g/mol. The van der Waals surface area contributed by atoms with Crippen molar-refractivity contribution < 1.29 is 32.7 Å². The largest absolute Gasteiger partial charge is 0.495 e. The molecule has 250 valence electrons. The molecule has 3 aliphatic heterocycles. The number of carbonyl (C=O) groups excluding carboxylic acids is 1. The van der Waals surface area contributed by atoms with Gasteiger partial charge in [0, 0.05) is 30.0 Å². The van der Waals surface area contributed by atoms with Gasteiger partial charge in [-0.3, -0.25) is 4.90 Å². The second-order valence-electron chi connectivity index (χ2n) is 14.5. The maximum atomic E-state index is 12.9. The minimum atomic E-state index is -0.607. The topological polar surface area (TPSA) is 110 Å². The summed E-state index contributed by atoms with van der Waals surface area (Å²) in [5.41, 5.74) is 1.79. The van der Waals surface area contributed by atoms with E-state index in [9.17, 15) is 4.79 Å². The first-order chi connectivity index (χ1) is 21.7. The lowest BCUT2D eigenvalue weighted by Gasteiger charge is -2.35. The molecule has 1 aromatic carbocycles. The number of amides is 1. The number of aryl methyl sites for hydroxylation is 1. The van der Waals surface area contributed by atoms with Gasteiger partial charge in [0.15, 0.2) is 12.1 Å². The molecule has 3 saturated heterocycles. The number of hydrogen-bond acceptors (Lipinski definition) is 9. The fourth-order valence-electron chi connectivity index (χ4n) is 6.25. The molecule has 6 rings (SSSR count). The van der Waals surface area contributed by atoms with Crippen molar-refractivity contribution in [2.75, 3.05) is 26.4 Å². The number of halogens is 1. The molecular formula is C33H46BClN4O7. The van der Waals surface area contributed by atoms with Gasteiger partial charge in [0.2, 0.25) is 0 Å². The lowest BCUT2D eigenvalue weighted by atomic mass is 9.73. The summed E-state index contributed by atoms with van der Waals surface area (Å²) in [5.74, 6) is 0.585. The highest BCUT2D eigenvalue weighted by molar-refractivity contribution is 6.66. The molecule has 5 heterocycles. The van der Waals surface area contributed by atoms with Crippen LogP contribution in [-0.2, 0) is 36.4 Å². The van der Waals surface area contributed by atoms with Gasteiger partial charge in [-0.15, -0.1) is 0 Å². The minimum Gasteiger partial charge on any atom is -0.449 e. The first-order valence-corrected chi connectivity index (χ1v) is 16.8. The lowest BCUT2D eigenvalue weighted by Crippen LogP contribution is -2.45. The molecule has 3 fully saturated rings. The van der Waals surface area contributed by atoms with E-state index in [4.69, 9.17) is 49.6 Å². The van der Waals surface area contributed by atoms with Gasteiger partial charge in [-0.2, -0.15) is 5.10 Å². The molecule has 46 heavy (non-hydrogen) atoms. The van der Waals surface area contributed by atoms with Crippen LogP contribution in [0, 0.1) is 0 Å². The molecule has 11 nitrogen and oxygen atoms in total. The molecule has 13 heteroatoms. The van der Waals surface area contributed by atoms with Crippen molar-refractivity contribution in [2.45, 2.75) is 116 Å². The van der Waals surface area contributed by atoms with Crippen LogP contribution in [0.5, 0.6) is 0 Å². The average Bonchev–Trinajstić information content (AvgIpc) is 3.68. The van der Waals surface area contributed by atoms with Crippen molar-refractivity contribution >= 4 is 41.2 Å². The van der Waals surface area contributed by atoms with E-state index in [0.29, 0.717) is 55.6 Å². The van der Waals surface area contributed by atoms with Gasteiger partial charge in [-0.1, -0.05) is 11.6 Å². The Bertz CT molecular complexity index is 1540. The Balaban J connectivity index is 1.23. The number of benzene rings is 1. The summed E-state index contributed by atoms with van der Waals surface area (Å²) in [6.45, 7) is 15.7. The summed E-state index contributed by atoms with van der Waals surface area (Å²) >= 11 is 7.08. The number of oxazole rings is 1. The minimum absolute atomic E-state index is 0.126. The summed E-state index contributed by atoms with van der Waals surface area (Å²) in [7, 11) is -0.607. The van der Waals surface area contributed by atoms with E-state index in [1.54, 1.807) is 11.2 Å². The van der Waals surface area contributed by atoms with Crippen molar-refractivity contribution in [1.29, 1.82) is 0 Å². The van der Waals surface area contributed by atoms with Crippen LogP contribution in [-0.4, -0.2) is 76.0 Å². The third kappa shape index (κ3) is 6.69. The summed E-state index contributed by atoms with van der Waals surface area (Å²) in [5, 5.41) is 6.35. The van der Waals surface area contributed by atoms with E-state index in [1.807, 2.05) is 37.7 Å². The summed E-state index contributed by atoms with van der Waals surface area (Å²) in [4.78, 5) is 19.3. The zero-order valence-electron chi connectivity index (χ0n) is 28.1. The molecule has 0 bridgehead atoms. The van der Waals surface area contributed by atoms with Crippen LogP contribution in [0.2, 0.25) is 5.02 Å². The zero-order valence-corrected chi connectivity index (χ0v) is 28.8. The molecule has 0 saturated carbocycles. The summed E-state index contributed by atoms with van der Waals surface area (Å²) in [6, 6.07) is 1.61. The summed E-state index contributed by atoms with van der Waals surface area (Å²) in [6.07, 6.45) is 7.98. The molecule has 0 radical (unpaired) electrons. The van der Waals surface area contributed by atoms with Gasteiger partial charge in [-0.25, -0.2) is 14.5 Å². The van der Waals surface area contributed by atoms with Crippen molar-refractivity contribution in [3.63, 3.8) is 0 Å². The maximum absolute atomic E-state index is 12.9. The Kier molecular flexibility index (Phi) is 9.23. The predicted molar refractivity (Wildman–Crippen MR) is 174 cm³/mol. The summed E-state index contributed by atoms with van der Waals surface area (Å²) < 4.78 is 38.4. The highest BCUT2D eigenvalue weighted by Gasteiger charge is 2.53. The average molecular weight is 657 g/mol. The van der Waals surface area contributed by atoms with Gasteiger partial charge in [-0.05, 0) is 97.7 Å². The van der Waals surface area contributed by atoms with E-state index in [1.165, 1.54) is 0 Å². The standard InChI is InChI=1S/C33H46BClN4O7/c1-31(2,3)44-30(40)38-14-16-41-20-26(38)24-19-43-27(37-24)12-10-11-21-23(35)17-25-22(18-36-39(25)28-13-8-9-15-42-28)29(21)34-45-32(4,5)33(6,7)46-34/h17-19,26,28H,8-16,20H2,1-7H3. The van der Waals surface area contributed by atoms with Crippen LogP contribution in [0.3, 0.4) is 0 Å².